The lowest BCUT2D eigenvalue weighted by molar-refractivity contribution is 0.0961. The summed E-state index contributed by atoms with van der Waals surface area (Å²) in [5.74, 6) is 0.531. The maximum atomic E-state index is 12.3. The average Bonchev–Trinajstić information content (AvgIpc) is 2.50. The van der Waals surface area contributed by atoms with Crippen LogP contribution in [0, 0.1) is 0 Å². The maximum Gasteiger partial charge on any atom is 0.267 e. The predicted octanol–water partition coefficient (Wildman–Crippen LogP) is 1.53. The van der Waals surface area contributed by atoms with Gasteiger partial charge in [-0.25, -0.2) is 4.68 Å². The third-order valence-corrected chi connectivity index (χ3v) is 2.83. The van der Waals surface area contributed by atoms with Gasteiger partial charge in [-0.3, -0.25) is 9.59 Å². The van der Waals surface area contributed by atoms with Crippen LogP contribution in [0.3, 0.4) is 0 Å². The fraction of sp³-hybridized carbons (Fsp3) is 0.267. The lowest BCUT2D eigenvalue weighted by atomic mass is 10.1. The summed E-state index contributed by atoms with van der Waals surface area (Å²) in [6.07, 6.45) is 0. The maximum absolute atomic E-state index is 12.3. The van der Waals surface area contributed by atoms with Crippen molar-refractivity contribution >= 4 is 5.78 Å². The highest BCUT2D eigenvalue weighted by atomic mass is 16.5. The van der Waals surface area contributed by atoms with Crippen LogP contribution in [-0.4, -0.2) is 29.3 Å². The van der Waals surface area contributed by atoms with E-state index in [1.54, 1.807) is 24.3 Å². The second-order valence-electron chi connectivity index (χ2n) is 4.22. The van der Waals surface area contributed by atoms with Crippen molar-refractivity contribution in [2.75, 3.05) is 13.7 Å². The number of ketones is 1. The number of carbonyl (C=O) groups is 1. The molecule has 6 heteroatoms. The Morgan fingerprint density at radius 2 is 2.00 bits per heavy atom. The predicted molar refractivity (Wildman–Crippen MR) is 77.0 cm³/mol. The standard InChI is InChI=1S/C15H16N2O4/c1-3-21-13-7-5-4-6-11(13)12(18)10-17-15(19)9-8-14(16-17)20-2/h4-9H,3,10H2,1-2H3. The number of para-hydroxylation sites is 1. The molecule has 0 saturated heterocycles. The van der Waals surface area contributed by atoms with Crippen LogP contribution in [0.25, 0.3) is 0 Å². The van der Waals surface area contributed by atoms with Crippen molar-refractivity contribution in [1.29, 1.82) is 0 Å². The van der Waals surface area contributed by atoms with Gasteiger partial charge in [0, 0.05) is 12.1 Å². The zero-order valence-electron chi connectivity index (χ0n) is 11.9. The Balaban J connectivity index is 2.28. The van der Waals surface area contributed by atoms with Crippen molar-refractivity contribution in [3.8, 4) is 11.6 Å². The molecule has 0 bridgehead atoms. The van der Waals surface area contributed by atoms with Crippen LogP contribution in [0.15, 0.2) is 41.2 Å². The van der Waals surface area contributed by atoms with E-state index in [9.17, 15) is 9.59 Å². The number of carbonyl (C=O) groups excluding carboxylic acids is 1. The largest absolute Gasteiger partial charge is 0.493 e. The molecule has 110 valence electrons. The smallest absolute Gasteiger partial charge is 0.267 e. The van der Waals surface area contributed by atoms with Gasteiger partial charge in [-0.2, -0.15) is 0 Å². The number of benzene rings is 1. The molecule has 1 aromatic carbocycles. The third-order valence-electron chi connectivity index (χ3n) is 2.83. The fourth-order valence-corrected chi connectivity index (χ4v) is 1.85. The summed E-state index contributed by atoms with van der Waals surface area (Å²) in [4.78, 5) is 24.1. The first-order valence-corrected chi connectivity index (χ1v) is 6.53. The summed E-state index contributed by atoms with van der Waals surface area (Å²) in [7, 11) is 1.45. The number of rotatable bonds is 6. The molecule has 0 aliphatic rings. The van der Waals surface area contributed by atoms with Crippen LogP contribution in [0.5, 0.6) is 11.6 Å². The number of hydrogen-bond donors (Lipinski definition) is 0. The van der Waals surface area contributed by atoms with Gasteiger partial charge < -0.3 is 9.47 Å². The van der Waals surface area contributed by atoms with E-state index in [2.05, 4.69) is 5.10 Å². The van der Waals surface area contributed by atoms with E-state index in [4.69, 9.17) is 9.47 Å². The normalized spacial score (nSPS) is 10.2. The van der Waals surface area contributed by atoms with Gasteiger partial charge in [-0.15, -0.1) is 5.10 Å². The molecular formula is C15H16N2O4. The van der Waals surface area contributed by atoms with Crippen molar-refractivity contribution in [3.63, 3.8) is 0 Å². The highest BCUT2D eigenvalue weighted by Gasteiger charge is 2.14. The van der Waals surface area contributed by atoms with Gasteiger partial charge in [0.2, 0.25) is 5.88 Å². The number of ether oxygens (including phenoxy) is 2. The molecule has 6 nitrogen and oxygen atoms in total. The number of nitrogens with zero attached hydrogens (tertiary/aromatic N) is 2. The van der Waals surface area contributed by atoms with Gasteiger partial charge in [-0.05, 0) is 19.1 Å². The van der Waals surface area contributed by atoms with E-state index in [1.165, 1.54) is 19.2 Å². The molecule has 0 aliphatic carbocycles. The molecular weight excluding hydrogens is 272 g/mol. The molecule has 2 aromatic rings. The molecule has 0 spiro atoms. The molecule has 2 rings (SSSR count). The Bertz CT molecular complexity index is 694. The fourth-order valence-electron chi connectivity index (χ4n) is 1.85. The van der Waals surface area contributed by atoms with Gasteiger partial charge >= 0.3 is 0 Å². The van der Waals surface area contributed by atoms with Crippen molar-refractivity contribution in [2.24, 2.45) is 0 Å². The molecule has 0 N–H and O–H groups in total. The number of Topliss-reactive ketones (excluding diaryl/α,β-unsaturated/α-hetero) is 1. The molecule has 0 aliphatic heterocycles. The zero-order chi connectivity index (χ0) is 15.2. The van der Waals surface area contributed by atoms with Gasteiger partial charge in [0.25, 0.3) is 5.56 Å². The van der Waals surface area contributed by atoms with Crippen LogP contribution in [-0.2, 0) is 6.54 Å². The zero-order valence-corrected chi connectivity index (χ0v) is 11.9. The first kappa shape index (κ1) is 14.8. The molecule has 1 heterocycles. The average molecular weight is 288 g/mol. The molecule has 0 unspecified atom stereocenters. The SMILES string of the molecule is CCOc1ccccc1C(=O)Cn1nc(OC)ccc1=O. The first-order valence-electron chi connectivity index (χ1n) is 6.53. The van der Waals surface area contributed by atoms with Crippen LogP contribution in [0.1, 0.15) is 17.3 Å². The molecule has 0 radical (unpaired) electrons. The van der Waals surface area contributed by atoms with E-state index >= 15 is 0 Å². The monoisotopic (exact) mass is 288 g/mol. The van der Waals surface area contributed by atoms with E-state index in [-0.39, 0.29) is 23.8 Å². The molecule has 0 saturated carbocycles. The summed E-state index contributed by atoms with van der Waals surface area (Å²) in [6.45, 7) is 2.14. The summed E-state index contributed by atoms with van der Waals surface area (Å²) in [6, 6.07) is 9.69. The van der Waals surface area contributed by atoms with E-state index in [0.717, 1.165) is 4.68 Å². The number of aromatic nitrogens is 2. The van der Waals surface area contributed by atoms with Crippen molar-refractivity contribution in [2.45, 2.75) is 13.5 Å². The minimum absolute atomic E-state index is 0.167. The van der Waals surface area contributed by atoms with Gasteiger partial charge in [0.1, 0.15) is 12.3 Å². The Morgan fingerprint density at radius 3 is 2.71 bits per heavy atom. The van der Waals surface area contributed by atoms with E-state index in [1.807, 2.05) is 6.92 Å². The Morgan fingerprint density at radius 1 is 1.24 bits per heavy atom. The lowest BCUT2D eigenvalue weighted by Gasteiger charge is -2.10. The molecule has 0 fully saturated rings. The van der Waals surface area contributed by atoms with Crippen molar-refractivity contribution in [1.82, 2.24) is 9.78 Å². The van der Waals surface area contributed by atoms with Crippen molar-refractivity contribution < 1.29 is 14.3 Å². The Labute approximate surface area is 121 Å². The lowest BCUT2D eigenvalue weighted by Crippen LogP contribution is -2.26. The second-order valence-corrected chi connectivity index (χ2v) is 4.22. The molecule has 1 aromatic heterocycles. The summed E-state index contributed by atoms with van der Waals surface area (Å²) < 4.78 is 11.4. The summed E-state index contributed by atoms with van der Waals surface area (Å²) in [5.41, 5.74) is 0.0638. The third kappa shape index (κ3) is 3.47. The van der Waals surface area contributed by atoms with Crippen molar-refractivity contribution in [3.05, 3.63) is 52.3 Å². The first-order chi connectivity index (χ1) is 10.2. The van der Waals surface area contributed by atoms with Gasteiger partial charge in [-0.1, -0.05) is 12.1 Å². The number of methoxy groups -OCH3 is 1. The minimum atomic E-state index is -0.363. The molecule has 21 heavy (non-hydrogen) atoms. The molecule has 0 amide bonds. The second kappa shape index (κ2) is 6.69. The Hall–Kier alpha value is -2.63. The van der Waals surface area contributed by atoms with Crippen LogP contribution in [0.4, 0.5) is 0 Å². The topological polar surface area (TPSA) is 70.4 Å². The van der Waals surface area contributed by atoms with Crippen LogP contribution < -0.4 is 15.0 Å². The minimum Gasteiger partial charge on any atom is -0.493 e. The van der Waals surface area contributed by atoms with E-state index in [0.29, 0.717) is 17.9 Å². The van der Waals surface area contributed by atoms with Crippen LogP contribution >= 0.6 is 0 Å². The van der Waals surface area contributed by atoms with Crippen LogP contribution in [0.2, 0.25) is 0 Å². The number of hydrogen-bond acceptors (Lipinski definition) is 5. The van der Waals surface area contributed by atoms with E-state index < -0.39 is 0 Å². The summed E-state index contributed by atoms with van der Waals surface area (Å²) in [5, 5.41) is 3.95. The Kier molecular flexibility index (Phi) is 4.71. The molecule has 0 atom stereocenters. The highest BCUT2D eigenvalue weighted by molar-refractivity contribution is 5.98. The summed E-state index contributed by atoms with van der Waals surface area (Å²) >= 11 is 0. The highest BCUT2D eigenvalue weighted by Crippen LogP contribution is 2.18. The van der Waals surface area contributed by atoms with Gasteiger partial charge in [0.05, 0.1) is 19.3 Å². The quantitative estimate of drug-likeness (QED) is 0.754. The van der Waals surface area contributed by atoms with Gasteiger partial charge in [0.15, 0.2) is 5.78 Å².